The molecule has 0 atom stereocenters. The summed E-state index contributed by atoms with van der Waals surface area (Å²) < 4.78 is 24.9. The van der Waals surface area contributed by atoms with E-state index in [1.54, 1.807) is 12.1 Å². The van der Waals surface area contributed by atoms with Crippen LogP contribution in [0.25, 0.3) is 33.2 Å². The highest BCUT2D eigenvalue weighted by Crippen LogP contribution is 2.36. The number of hydrogen-bond acceptors (Lipinski definition) is 3. The molecule has 0 aliphatic rings. The first-order valence-corrected chi connectivity index (χ1v) is 10.5. The lowest BCUT2D eigenvalue weighted by atomic mass is 9.96. The number of carbonyl (C=O) groups is 1. The first-order valence-electron chi connectivity index (χ1n) is 10.5. The number of amides is 1. The highest BCUT2D eigenvalue weighted by molar-refractivity contribution is 5.97. The largest absolute Gasteiger partial charge is 0.459 e. The fourth-order valence-electron chi connectivity index (χ4n) is 3.52. The van der Waals surface area contributed by atoms with Gasteiger partial charge in [-0.15, -0.1) is 0 Å². The summed E-state index contributed by atoms with van der Waals surface area (Å²) in [6, 6.07) is 20.7. The molecular weight excluding hydrogens is 405 g/mol. The van der Waals surface area contributed by atoms with Crippen molar-refractivity contribution in [1.82, 2.24) is 5.32 Å². The quantitative estimate of drug-likeness (QED) is 0.370. The molecule has 4 aromatic rings. The van der Waals surface area contributed by atoms with Gasteiger partial charge in [0.2, 0.25) is 0 Å². The molecule has 4 nitrogen and oxygen atoms in total. The Kier molecular flexibility index (Phi) is 5.74. The summed E-state index contributed by atoms with van der Waals surface area (Å²) in [5, 5.41) is 3.64. The highest BCUT2D eigenvalue weighted by atomic mass is 19.1. The Balaban J connectivity index is 1.73. The Hall–Kier alpha value is -3.60. The van der Waals surface area contributed by atoms with Gasteiger partial charge < -0.3 is 14.5 Å². The molecule has 3 aromatic carbocycles. The summed E-state index contributed by atoms with van der Waals surface area (Å²) in [5.41, 5.74) is 5.13. The molecule has 0 spiro atoms. The third-order valence-electron chi connectivity index (χ3n) is 5.01. The maximum absolute atomic E-state index is 13.5. The van der Waals surface area contributed by atoms with E-state index >= 15 is 0 Å². The zero-order valence-corrected chi connectivity index (χ0v) is 18.7. The molecule has 0 aliphatic carbocycles. The van der Waals surface area contributed by atoms with Crippen LogP contribution in [0.2, 0.25) is 0 Å². The minimum absolute atomic E-state index is 0.201. The van der Waals surface area contributed by atoms with Crippen molar-refractivity contribution in [2.75, 3.05) is 0 Å². The molecule has 164 valence electrons. The van der Waals surface area contributed by atoms with E-state index in [9.17, 15) is 9.18 Å². The number of rotatable bonds is 4. The lowest BCUT2D eigenvalue weighted by Gasteiger charge is -2.19. The number of fused-ring (bicyclic) bond motifs is 1. The first kappa shape index (κ1) is 21.6. The van der Waals surface area contributed by atoms with E-state index in [2.05, 4.69) is 48.6 Å². The number of halogens is 1. The van der Waals surface area contributed by atoms with E-state index < -0.39 is 11.7 Å². The van der Waals surface area contributed by atoms with Crippen molar-refractivity contribution >= 4 is 17.1 Å². The summed E-state index contributed by atoms with van der Waals surface area (Å²) in [6.45, 7) is 7.70. The Morgan fingerprint density at radius 1 is 0.938 bits per heavy atom. The molecular formula is C27H26FNO3. The third-order valence-corrected chi connectivity index (χ3v) is 5.01. The second-order valence-corrected chi connectivity index (χ2v) is 8.88. The molecule has 5 heteroatoms. The molecule has 0 unspecified atom stereocenters. The normalized spacial score (nSPS) is 11.5. The minimum Gasteiger partial charge on any atom is -0.459 e. The molecule has 4 rings (SSSR count). The predicted octanol–water partition coefficient (Wildman–Crippen LogP) is 7.24. The Morgan fingerprint density at radius 3 is 2.25 bits per heavy atom. The van der Waals surface area contributed by atoms with E-state index in [0.717, 1.165) is 27.6 Å². The molecule has 0 aliphatic heterocycles. The molecule has 0 saturated carbocycles. The number of furan rings is 1. The van der Waals surface area contributed by atoms with Crippen LogP contribution in [-0.2, 0) is 11.3 Å². The monoisotopic (exact) mass is 431 g/mol. The third kappa shape index (κ3) is 4.99. The maximum Gasteiger partial charge on any atom is 0.408 e. The van der Waals surface area contributed by atoms with Gasteiger partial charge in [-0.1, -0.05) is 42.0 Å². The molecule has 1 heterocycles. The van der Waals surface area contributed by atoms with E-state index in [0.29, 0.717) is 11.3 Å². The van der Waals surface area contributed by atoms with E-state index in [1.807, 2.05) is 26.8 Å². The van der Waals surface area contributed by atoms with Gasteiger partial charge in [-0.2, -0.15) is 0 Å². The van der Waals surface area contributed by atoms with Crippen molar-refractivity contribution < 1.29 is 18.3 Å². The molecule has 0 fully saturated rings. The molecule has 0 bridgehead atoms. The smallest absolute Gasteiger partial charge is 0.408 e. The zero-order valence-electron chi connectivity index (χ0n) is 18.7. The van der Waals surface area contributed by atoms with Crippen LogP contribution in [0.3, 0.4) is 0 Å². The van der Waals surface area contributed by atoms with E-state index in [4.69, 9.17) is 9.15 Å². The van der Waals surface area contributed by atoms with Crippen LogP contribution in [0, 0.1) is 12.7 Å². The summed E-state index contributed by atoms with van der Waals surface area (Å²) in [5.74, 6) is 0.316. The Labute approximate surface area is 187 Å². The number of nitrogens with one attached hydrogen (secondary N) is 1. The summed E-state index contributed by atoms with van der Waals surface area (Å²) in [4.78, 5) is 12.0. The van der Waals surface area contributed by atoms with Crippen LogP contribution < -0.4 is 5.32 Å². The second kappa shape index (κ2) is 8.50. The van der Waals surface area contributed by atoms with E-state index in [1.165, 1.54) is 17.7 Å². The van der Waals surface area contributed by atoms with Crippen molar-refractivity contribution in [3.05, 3.63) is 83.9 Å². The zero-order chi connectivity index (χ0) is 22.9. The van der Waals surface area contributed by atoms with Crippen LogP contribution in [0.1, 0.15) is 32.1 Å². The number of carbonyl (C=O) groups excluding carboxylic acids is 1. The SMILES string of the molecule is Cc1ccc(-c2cc(-c3ccc(F)cc3)c3oc(CNC(=O)OC(C)(C)C)cc3c2)cc1. The van der Waals surface area contributed by atoms with Crippen LogP contribution in [0.5, 0.6) is 0 Å². The van der Waals surface area contributed by atoms with Crippen molar-refractivity contribution in [2.45, 2.75) is 39.8 Å². The lowest BCUT2D eigenvalue weighted by Crippen LogP contribution is -2.32. The topological polar surface area (TPSA) is 51.5 Å². The molecule has 1 aromatic heterocycles. The van der Waals surface area contributed by atoms with Gasteiger partial charge in [-0.05, 0) is 74.7 Å². The van der Waals surface area contributed by atoms with Gasteiger partial charge in [0, 0.05) is 10.9 Å². The fourth-order valence-corrected chi connectivity index (χ4v) is 3.52. The summed E-state index contributed by atoms with van der Waals surface area (Å²) >= 11 is 0. The average molecular weight is 432 g/mol. The Morgan fingerprint density at radius 2 is 1.59 bits per heavy atom. The van der Waals surface area contributed by atoms with Crippen LogP contribution in [-0.4, -0.2) is 11.7 Å². The number of aryl methyl sites for hydroxylation is 1. The minimum atomic E-state index is -0.573. The van der Waals surface area contributed by atoms with Gasteiger partial charge in [-0.3, -0.25) is 0 Å². The lowest BCUT2D eigenvalue weighted by molar-refractivity contribution is 0.0520. The standard InChI is InChI=1S/C27H26FNO3/c1-17-5-7-18(8-6-17)20-13-21-14-23(16-29-26(30)32-27(2,3)4)31-25(21)24(15-20)19-9-11-22(28)12-10-19/h5-15H,16H2,1-4H3,(H,29,30). The maximum atomic E-state index is 13.5. The Bertz CT molecular complexity index is 1250. The van der Waals surface area contributed by atoms with Gasteiger partial charge in [0.1, 0.15) is 22.8 Å². The van der Waals surface area contributed by atoms with Gasteiger partial charge in [0.25, 0.3) is 0 Å². The fraction of sp³-hybridized carbons (Fsp3) is 0.222. The predicted molar refractivity (Wildman–Crippen MR) is 125 cm³/mol. The van der Waals surface area contributed by atoms with Crippen molar-refractivity contribution in [3.63, 3.8) is 0 Å². The van der Waals surface area contributed by atoms with Gasteiger partial charge in [-0.25, -0.2) is 9.18 Å². The molecule has 0 radical (unpaired) electrons. The summed E-state index contributed by atoms with van der Waals surface area (Å²) in [7, 11) is 0. The van der Waals surface area contributed by atoms with Gasteiger partial charge in [0.05, 0.1) is 6.54 Å². The molecule has 1 amide bonds. The van der Waals surface area contributed by atoms with Crippen molar-refractivity contribution in [1.29, 1.82) is 0 Å². The number of benzene rings is 3. The number of alkyl carbamates (subject to hydrolysis) is 1. The van der Waals surface area contributed by atoms with Gasteiger partial charge in [0.15, 0.2) is 0 Å². The second-order valence-electron chi connectivity index (χ2n) is 8.88. The molecule has 32 heavy (non-hydrogen) atoms. The van der Waals surface area contributed by atoms with Crippen LogP contribution in [0.15, 0.2) is 71.1 Å². The van der Waals surface area contributed by atoms with E-state index in [-0.39, 0.29) is 12.4 Å². The molecule has 0 saturated heterocycles. The highest BCUT2D eigenvalue weighted by Gasteiger charge is 2.17. The van der Waals surface area contributed by atoms with Crippen LogP contribution in [0.4, 0.5) is 9.18 Å². The summed E-state index contributed by atoms with van der Waals surface area (Å²) in [6.07, 6.45) is -0.503. The number of ether oxygens (including phenoxy) is 1. The number of hydrogen-bond donors (Lipinski definition) is 1. The average Bonchev–Trinajstić information content (AvgIpc) is 3.15. The van der Waals surface area contributed by atoms with Crippen LogP contribution >= 0.6 is 0 Å². The van der Waals surface area contributed by atoms with Gasteiger partial charge >= 0.3 is 6.09 Å². The van der Waals surface area contributed by atoms with Crippen molar-refractivity contribution in [2.24, 2.45) is 0 Å². The van der Waals surface area contributed by atoms with Crippen molar-refractivity contribution in [3.8, 4) is 22.3 Å². The first-order chi connectivity index (χ1) is 15.2. The molecule has 1 N–H and O–H groups in total.